The van der Waals surface area contributed by atoms with Gasteiger partial charge in [-0.2, -0.15) is 0 Å². The molecule has 1 atom stereocenters. The molecule has 180 valence electrons. The van der Waals surface area contributed by atoms with Crippen molar-refractivity contribution in [3.05, 3.63) is 94.3 Å². The molecule has 0 radical (unpaired) electrons. The number of nitrogens with one attached hydrogen (secondary N) is 1. The third-order valence-electron chi connectivity index (χ3n) is 5.57. The summed E-state index contributed by atoms with van der Waals surface area (Å²) in [5, 5.41) is 12.6. The van der Waals surface area contributed by atoms with Gasteiger partial charge in [0.25, 0.3) is 0 Å². The summed E-state index contributed by atoms with van der Waals surface area (Å²) in [6.07, 6.45) is 0.627. The van der Waals surface area contributed by atoms with Gasteiger partial charge in [0.15, 0.2) is 5.16 Å². The van der Waals surface area contributed by atoms with Crippen molar-refractivity contribution in [2.45, 2.75) is 37.6 Å². The number of rotatable bonds is 8. The van der Waals surface area contributed by atoms with Gasteiger partial charge in [-0.15, -0.1) is 10.2 Å². The van der Waals surface area contributed by atoms with Gasteiger partial charge in [0.05, 0.1) is 23.7 Å². The van der Waals surface area contributed by atoms with Gasteiger partial charge in [-0.05, 0) is 56.2 Å². The molecule has 35 heavy (non-hydrogen) atoms. The van der Waals surface area contributed by atoms with E-state index >= 15 is 0 Å². The van der Waals surface area contributed by atoms with Crippen LogP contribution in [0.15, 0.2) is 71.9 Å². The molecule has 0 saturated heterocycles. The molecule has 0 spiro atoms. The lowest BCUT2D eigenvalue weighted by molar-refractivity contribution is -0.115. The highest BCUT2D eigenvalue weighted by Crippen LogP contribution is 2.31. The molecule has 1 unspecified atom stereocenters. The van der Waals surface area contributed by atoms with E-state index in [1.165, 1.54) is 17.3 Å². The van der Waals surface area contributed by atoms with Crippen molar-refractivity contribution in [1.29, 1.82) is 0 Å². The lowest BCUT2D eigenvalue weighted by Gasteiger charge is -2.16. The highest BCUT2D eigenvalue weighted by molar-refractivity contribution is 8.00. The van der Waals surface area contributed by atoms with Gasteiger partial charge in [-0.1, -0.05) is 71.4 Å². The van der Waals surface area contributed by atoms with E-state index in [0.717, 1.165) is 22.6 Å². The molecule has 0 aliphatic heterocycles. The number of benzene rings is 3. The van der Waals surface area contributed by atoms with E-state index in [1.54, 1.807) is 25.3 Å². The lowest BCUT2D eigenvalue weighted by Crippen LogP contribution is -2.23. The van der Waals surface area contributed by atoms with Crippen LogP contribution in [0.4, 0.5) is 5.69 Å². The molecule has 3 aromatic carbocycles. The summed E-state index contributed by atoms with van der Waals surface area (Å²) in [7, 11) is 1.55. The summed E-state index contributed by atoms with van der Waals surface area (Å²) in [4.78, 5) is 13.1. The van der Waals surface area contributed by atoms with Crippen molar-refractivity contribution in [1.82, 2.24) is 14.8 Å². The third-order valence-corrected chi connectivity index (χ3v) is 6.85. The van der Waals surface area contributed by atoms with Crippen LogP contribution in [0.1, 0.15) is 29.4 Å². The number of ether oxygens (including phenoxy) is 1. The molecular formula is C27H27ClN4O2S. The Morgan fingerprint density at radius 3 is 2.57 bits per heavy atom. The highest BCUT2D eigenvalue weighted by Gasteiger charge is 2.23. The number of hydrogen-bond donors (Lipinski definition) is 1. The molecular weight excluding hydrogens is 480 g/mol. The van der Waals surface area contributed by atoms with Crippen LogP contribution < -0.4 is 10.1 Å². The highest BCUT2D eigenvalue weighted by atomic mass is 35.5. The van der Waals surface area contributed by atoms with Gasteiger partial charge in [-0.25, -0.2) is 0 Å². The molecule has 1 N–H and O–H groups in total. The lowest BCUT2D eigenvalue weighted by atomic mass is 10.1. The fourth-order valence-electron chi connectivity index (χ4n) is 3.79. The number of carbonyl (C=O) groups excluding carboxylic acids is 1. The number of aryl methyl sites for hydroxylation is 2. The Kier molecular flexibility index (Phi) is 7.78. The van der Waals surface area contributed by atoms with Crippen molar-refractivity contribution in [2.75, 3.05) is 12.4 Å². The van der Waals surface area contributed by atoms with Crippen LogP contribution in [0.2, 0.25) is 5.02 Å². The number of thioether (sulfide) groups is 1. The first kappa shape index (κ1) is 24.8. The molecule has 0 fully saturated rings. The fourth-order valence-corrected chi connectivity index (χ4v) is 4.84. The van der Waals surface area contributed by atoms with Gasteiger partial charge < -0.3 is 10.1 Å². The average molecular weight is 507 g/mol. The summed E-state index contributed by atoms with van der Waals surface area (Å²) < 4.78 is 7.40. The summed E-state index contributed by atoms with van der Waals surface area (Å²) in [6.45, 7) is 5.99. The molecule has 0 bridgehead atoms. The van der Waals surface area contributed by atoms with E-state index < -0.39 is 5.25 Å². The first-order chi connectivity index (χ1) is 16.9. The van der Waals surface area contributed by atoms with E-state index in [4.69, 9.17) is 16.3 Å². The van der Waals surface area contributed by atoms with Crippen LogP contribution in [-0.2, 0) is 11.2 Å². The van der Waals surface area contributed by atoms with Gasteiger partial charge in [-0.3, -0.25) is 9.36 Å². The molecule has 4 aromatic rings. The summed E-state index contributed by atoms with van der Waals surface area (Å²) in [5.41, 5.74) is 4.96. The topological polar surface area (TPSA) is 69.0 Å². The van der Waals surface area contributed by atoms with E-state index in [9.17, 15) is 4.79 Å². The Balaban J connectivity index is 1.64. The van der Waals surface area contributed by atoms with E-state index in [0.29, 0.717) is 28.0 Å². The number of hydrogen-bond acceptors (Lipinski definition) is 5. The number of carbonyl (C=O) groups is 1. The molecule has 6 nitrogen and oxygen atoms in total. The number of amides is 1. The Morgan fingerprint density at radius 1 is 1.09 bits per heavy atom. The molecule has 8 heteroatoms. The quantitative estimate of drug-likeness (QED) is 0.286. The van der Waals surface area contributed by atoms with Crippen molar-refractivity contribution in [3.63, 3.8) is 0 Å². The van der Waals surface area contributed by atoms with Gasteiger partial charge in [0, 0.05) is 11.4 Å². The van der Waals surface area contributed by atoms with E-state index in [1.807, 2.05) is 25.1 Å². The Hall–Kier alpha value is -3.29. The molecule has 4 rings (SSSR count). The minimum Gasteiger partial charge on any atom is -0.495 e. The normalized spacial score (nSPS) is 11.8. The van der Waals surface area contributed by atoms with Gasteiger partial charge in [0.2, 0.25) is 5.91 Å². The summed E-state index contributed by atoms with van der Waals surface area (Å²) in [6, 6.07) is 21.6. The van der Waals surface area contributed by atoms with Crippen molar-refractivity contribution < 1.29 is 9.53 Å². The van der Waals surface area contributed by atoms with Crippen LogP contribution in [0.5, 0.6) is 5.75 Å². The van der Waals surface area contributed by atoms with Gasteiger partial charge in [0.1, 0.15) is 11.6 Å². The van der Waals surface area contributed by atoms with Crippen LogP contribution in [0.3, 0.4) is 0 Å². The van der Waals surface area contributed by atoms with Crippen LogP contribution >= 0.6 is 23.4 Å². The van der Waals surface area contributed by atoms with Crippen LogP contribution in [-0.4, -0.2) is 33.0 Å². The minimum atomic E-state index is -0.447. The Morgan fingerprint density at radius 2 is 1.86 bits per heavy atom. The third kappa shape index (κ3) is 5.86. The predicted octanol–water partition coefficient (Wildman–Crippen LogP) is 6.26. The van der Waals surface area contributed by atoms with Crippen molar-refractivity contribution in [3.8, 4) is 11.4 Å². The second kappa shape index (κ2) is 11.0. The van der Waals surface area contributed by atoms with E-state index in [2.05, 4.69) is 64.3 Å². The largest absolute Gasteiger partial charge is 0.495 e. The Bertz CT molecular complexity index is 1340. The number of methoxy groups -OCH3 is 1. The molecule has 1 amide bonds. The molecule has 1 aromatic heterocycles. The predicted molar refractivity (Wildman–Crippen MR) is 142 cm³/mol. The molecule has 0 aliphatic carbocycles. The first-order valence-electron chi connectivity index (χ1n) is 11.2. The standard InChI is InChI=1S/C27H27ClN4O2S/c1-17-10-12-23(18(2)14-17)32-25(15-20-8-6-5-7-9-20)30-31-27(32)35-19(3)26(33)29-22-16-21(28)11-13-24(22)34-4/h5-14,16,19H,15H2,1-4H3,(H,29,33). The van der Waals surface area contributed by atoms with Crippen LogP contribution in [0, 0.1) is 13.8 Å². The second-order valence-corrected chi connectivity index (χ2v) is 10.0. The SMILES string of the molecule is COc1ccc(Cl)cc1NC(=O)C(C)Sc1nnc(Cc2ccccc2)n1-c1ccc(C)cc1C. The van der Waals surface area contributed by atoms with E-state index in [-0.39, 0.29) is 5.91 Å². The number of halogens is 1. The number of aromatic nitrogens is 3. The fraction of sp³-hybridized carbons (Fsp3) is 0.222. The maximum atomic E-state index is 13.1. The average Bonchev–Trinajstić information content (AvgIpc) is 3.21. The monoisotopic (exact) mass is 506 g/mol. The molecule has 1 heterocycles. The first-order valence-corrected chi connectivity index (χ1v) is 12.5. The van der Waals surface area contributed by atoms with Crippen molar-refractivity contribution in [2.24, 2.45) is 0 Å². The minimum absolute atomic E-state index is 0.185. The Labute approximate surface area is 214 Å². The molecule has 0 saturated carbocycles. The zero-order valence-electron chi connectivity index (χ0n) is 20.1. The smallest absolute Gasteiger partial charge is 0.237 e. The second-order valence-electron chi connectivity index (χ2n) is 8.28. The van der Waals surface area contributed by atoms with Crippen LogP contribution in [0.25, 0.3) is 5.69 Å². The maximum absolute atomic E-state index is 13.1. The number of nitrogens with zero attached hydrogens (tertiary/aromatic N) is 3. The zero-order chi connectivity index (χ0) is 24.9. The van der Waals surface area contributed by atoms with Gasteiger partial charge >= 0.3 is 0 Å². The summed E-state index contributed by atoms with van der Waals surface area (Å²) in [5.74, 6) is 1.17. The summed E-state index contributed by atoms with van der Waals surface area (Å²) >= 11 is 7.47. The van der Waals surface area contributed by atoms with Crippen molar-refractivity contribution >= 4 is 35.0 Å². The maximum Gasteiger partial charge on any atom is 0.237 e. The zero-order valence-corrected chi connectivity index (χ0v) is 21.7. The molecule has 0 aliphatic rings. The number of anilines is 1.